The zero-order valence-corrected chi connectivity index (χ0v) is 7.15. The highest BCUT2D eigenvalue weighted by Gasteiger charge is 2.15. The number of methoxy groups -OCH3 is 1. The topological polar surface area (TPSA) is 76.0 Å². The maximum Gasteiger partial charge on any atom is 0.379 e. The quantitative estimate of drug-likeness (QED) is 0.752. The Morgan fingerprint density at radius 1 is 1.36 bits per heavy atom. The van der Waals surface area contributed by atoms with Crippen molar-refractivity contribution in [2.45, 2.75) is 0 Å². The Kier molecular flexibility index (Phi) is 2.76. The summed E-state index contributed by atoms with van der Waals surface area (Å²) in [6, 6.07) is 1.83. The van der Waals surface area contributed by atoms with Gasteiger partial charge >= 0.3 is 5.97 Å². The molecule has 76 valence electrons. The van der Waals surface area contributed by atoms with Gasteiger partial charge in [0.1, 0.15) is 0 Å². The molecule has 1 aromatic carbocycles. The van der Waals surface area contributed by atoms with Gasteiger partial charge < -0.3 is 14.9 Å². The predicted molar refractivity (Wildman–Crippen MR) is 42.8 cm³/mol. The van der Waals surface area contributed by atoms with Gasteiger partial charge in [0.05, 0.1) is 12.7 Å². The molecule has 0 unspecified atom stereocenters. The van der Waals surface area contributed by atoms with Gasteiger partial charge in [-0.05, 0) is 12.1 Å². The van der Waals surface area contributed by atoms with Crippen LogP contribution in [0.5, 0.6) is 17.2 Å². The van der Waals surface area contributed by atoms with Gasteiger partial charge in [-0.3, -0.25) is 0 Å². The van der Waals surface area contributed by atoms with Gasteiger partial charge in [-0.25, -0.2) is 9.74 Å². The van der Waals surface area contributed by atoms with E-state index in [0.29, 0.717) is 0 Å². The largest absolute Gasteiger partial charge is 0.504 e. The first-order chi connectivity index (χ1) is 6.60. The lowest BCUT2D eigenvalue weighted by Gasteiger charge is -2.06. The highest BCUT2D eigenvalue weighted by molar-refractivity contribution is 5.90. The highest BCUT2D eigenvalue weighted by atomic mass is 19.3. The first kappa shape index (κ1) is 10.1. The Bertz CT molecular complexity index is 340. The molecule has 5 nitrogen and oxygen atoms in total. The second kappa shape index (κ2) is 3.82. The number of ether oxygens (including phenoxy) is 1. The molecule has 0 amide bonds. The SMILES string of the molecule is COc1c(O)cc(C(=O)OF)cc1O. The third-order valence-corrected chi connectivity index (χ3v) is 1.56. The van der Waals surface area contributed by atoms with Crippen LogP contribution < -0.4 is 4.74 Å². The van der Waals surface area contributed by atoms with Crippen LogP contribution in [0.2, 0.25) is 0 Å². The molecule has 1 aromatic rings. The number of phenolic OH excluding ortho intramolecular Hbond substituents is 2. The summed E-state index contributed by atoms with van der Waals surface area (Å²) in [4.78, 5) is 13.6. The first-order valence-corrected chi connectivity index (χ1v) is 3.53. The fourth-order valence-corrected chi connectivity index (χ4v) is 0.970. The fraction of sp³-hybridized carbons (Fsp3) is 0.125. The lowest BCUT2D eigenvalue weighted by Crippen LogP contribution is -1.98. The number of hydrogen-bond donors (Lipinski definition) is 2. The van der Waals surface area contributed by atoms with Crippen molar-refractivity contribution in [1.82, 2.24) is 0 Å². The Labute approximate surface area is 78.2 Å². The number of phenols is 2. The van der Waals surface area contributed by atoms with Crippen molar-refractivity contribution in [3.05, 3.63) is 17.7 Å². The van der Waals surface area contributed by atoms with Crippen LogP contribution in [0.1, 0.15) is 10.4 Å². The van der Waals surface area contributed by atoms with Crippen molar-refractivity contribution >= 4 is 5.97 Å². The number of benzene rings is 1. The number of carbonyl (C=O) groups is 1. The third-order valence-electron chi connectivity index (χ3n) is 1.56. The van der Waals surface area contributed by atoms with Crippen LogP contribution >= 0.6 is 0 Å². The van der Waals surface area contributed by atoms with Crippen LogP contribution in [0.4, 0.5) is 4.53 Å². The summed E-state index contributed by atoms with van der Waals surface area (Å²) < 4.78 is 16.1. The average molecular weight is 202 g/mol. The molecule has 0 aliphatic carbocycles. The molecule has 1 rings (SSSR count). The Morgan fingerprint density at radius 3 is 2.21 bits per heavy atom. The van der Waals surface area contributed by atoms with Crippen LogP contribution in [-0.2, 0) is 4.94 Å². The molecule has 0 radical (unpaired) electrons. The zero-order chi connectivity index (χ0) is 10.7. The monoisotopic (exact) mass is 202 g/mol. The smallest absolute Gasteiger partial charge is 0.379 e. The molecule has 14 heavy (non-hydrogen) atoms. The first-order valence-electron chi connectivity index (χ1n) is 3.53. The van der Waals surface area contributed by atoms with E-state index < -0.39 is 17.5 Å². The van der Waals surface area contributed by atoms with E-state index in [1.54, 1.807) is 0 Å². The molecular formula is C8H7FO5. The zero-order valence-electron chi connectivity index (χ0n) is 7.15. The van der Waals surface area contributed by atoms with E-state index in [1.807, 2.05) is 0 Å². The van der Waals surface area contributed by atoms with E-state index in [4.69, 9.17) is 0 Å². The molecule has 0 aliphatic rings. The van der Waals surface area contributed by atoms with Gasteiger partial charge in [-0.1, -0.05) is 0 Å². The fourth-order valence-electron chi connectivity index (χ4n) is 0.970. The van der Waals surface area contributed by atoms with Gasteiger partial charge in [0.2, 0.25) is 5.75 Å². The summed E-state index contributed by atoms with van der Waals surface area (Å²) in [6.45, 7) is 0. The minimum Gasteiger partial charge on any atom is -0.504 e. The molecule has 6 heteroatoms. The molecule has 0 fully saturated rings. The third kappa shape index (κ3) is 1.68. The van der Waals surface area contributed by atoms with E-state index in [0.717, 1.165) is 12.1 Å². The van der Waals surface area contributed by atoms with Crippen molar-refractivity contribution in [3.63, 3.8) is 0 Å². The lowest BCUT2D eigenvalue weighted by atomic mass is 10.2. The van der Waals surface area contributed by atoms with E-state index >= 15 is 0 Å². The number of rotatable bonds is 2. The molecule has 0 heterocycles. The van der Waals surface area contributed by atoms with Crippen molar-refractivity contribution in [2.24, 2.45) is 0 Å². The summed E-state index contributed by atoms with van der Waals surface area (Å²) >= 11 is 0. The summed E-state index contributed by atoms with van der Waals surface area (Å²) in [6.07, 6.45) is 0. The van der Waals surface area contributed by atoms with Gasteiger partial charge in [0.25, 0.3) is 0 Å². The molecule has 0 saturated carbocycles. The standard InChI is InChI=1S/C8H7FO5/c1-13-7-5(10)2-4(3-6(7)11)8(12)14-9/h2-3,10-11H,1H3. The van der Waals surface area contributed by atoms with E-state index in [-0.39, 0.29) is 11.3 Å². The Hall–Kier alpha value is -1.98. The molecule has 2 N–H and O–H groups in total. The van der Waals surface area contributed by atoms with Gasteiger partial charge in [-0.15, -0.1) is 0 Å². The van der Waals surface area contributed by atoms with E-state index in [2.05, 4.69) is 9.68 Å². The van der Waals surface area contributed by atoms with Crippen LogP contribution in [0.15, 0.2) is 12.1 Å². The molecule has 0 spiro atoms. The van der Waals surface area contributed by atoms with Crippen molar-refractivity contribution in [2.75, 3.05) is 7.11 Å². The molecule has 0 aliphatic heterocycles. The number of aromatic hydroxyl groups is 2. The second-order valence-corrected chi connectivity index (χ2v) is 2.41. The van der Waals surface area contributed by atoms with Crippen LogP contribution in [0.3, 0.4) is 0 Å². The summed E-state index contributed by atoms with van der Waals surface area (Å²) in [5.74, 6) is -2.46. The van der Waals surface area contributed by atoms with Crippen molar-refractivity contribution in [1.29, 1.82) is 0 Å². The summed E-state index contributed by atoms with van der Waals surface area (Å²) in [5.41, 5.74) is -0.316. The van der Waals surface area contributed by atoms with Crippen molar-refractivity contribution in [3.8, 4) is 17.2 Å². The molecular weight excluding hydrogens is 195 g/mol. The number of halogens is 1. The maximum atomic E-state index is 11.5. The normalized spacial score (nSPS) is 9.57. The molecule has 0 atom stereocenters. The summed E-state index contributed by atoms with van der Waals surface area (Å²) in [5, 5.41) is 18.4. The number of hydrogen-bond acceptors (Lipinski definition) is 5. The number of carbonyl (C=O) groups excluding carboxylic acids is 1. The van der Waals surface area contributed by atoms with E-state index in [1.165, 1.54) is 7.11 Å². The Balaban J connectivity index is 3.20. The van der Waals surface area contributed by atoms with Gasteiger partial charge in [-0.2, -0.15) is 0 Å². The summed E-state index contributed by atoms with van der Waals surface area (Å²) in [7, 11) is 1.22. The van der Waals surface area contributed by atoms with Crippen LogP contribution in [0.25, 0.3) is 0 Å². The highest BCUT2D eigenvalue weighted by Crippen LogP contribution is 2.36. The van der Waals surface area contributed by atoms with E-state index in [9.17, 15) is 19.5 Å². The minimum atomic E-state index is -1.31. The Morgan fingerprint density at radius 2 is 1.86 bits per heavy atom. The minimum absolute atomic E-state index is 0.194. The molecule has 0 bridgehead atoms. The van der Waals surface area contributed by atoms with Gasteiger partial charge in [0.15, 0.2) is 11.5 Å². The maximum absolute atomic E-state index is 11.5. The average Bonchev–Trinajstić information content (AvgIpc) is 2.16. The molecule has 0 aromatic heterocycles. The molecule has 0 saturated heterocycles. The second-order valence-electron chi connectivity index (χ2n) is 2.41. The van der Waals surface area contributed by atoms with Gasteiger partial charge in [0, 0.05) is 4.53 Å². The lowest BCUT2D eigenvalue weighted by molar-refractivity contribution is -0.0788. The van der Waals surface area contributed by atoms with Crippen LogP contribution in [-0.4, -0.2) is 23.3 Å². The predicted octanol–water partition coefficient (Wildman–Crippen LogP) is 1.15. The van der Waals surface area contributed by atoms with Crippen molar-refractivity contribution < 1.29 is 29.2 Å². The van der Waals surface area contributed by atoms with Crippen LogP contribution in [0, 0.1) is 0 Å².